The maximum Gasteiger partial charge on any atom is 0.255 e. The van der Waals surface area contributed by atoms with E-state index in [-0.39, 0.29) is 5.91 Å². The molecule has 0 saturated carbocycles. The molecule has 0 bridgehead atoms. The minimum absolute atomic E-state index is 0.175. The first-order valence-electron chi connectivity index (χ1n) is 8.57. The van der Waals surface area contributed by atoms with Gasteiger partial charge in [-0.15, -0.1) is 0 Å². The Labute approximate surface area is 156 Å². The lowest BCUT2D eigenvalue weighted by atomic mass is 10.2. The zero-order valence-electron chi connectivity index (χ0n) is 14.5. The predicted molar refractivity (Wildman–Crippen MR) is 105 cm³/mol. The molecule has 0 spiro atoms. The fourth-order valence-corrected chi connectivity index (χ4v) is 2.69. The fraction of sp³-hybridized carbons (Fsp3) is 0.0455. The van der Waals surface area contributed by atoms with Gasteiger partial charge in [0, 0.05) is 29.0 Å². The molecule has 2 heterocycles. The number of ether oxygens (including phenoxy) is 1. The van der Waals surface area contributed by atoms with Crippen LogP contribution in [0.5, 0.6) is 5.75 Å². The van der Waals surface area contributed by atoms with Crippen LogP contribution in [0.1, 0.15) is 16.1 Å². The Bertz CT molecular complexity index is 1060. The number of nitrogens with zero attached hydrogens (tertiary/aromatic N) is 2. The molecule has 132 valence electrons. The highest BCUT2D eigenvalue weighted by atomic mass is 16.5. The lowest BCUT2D eigenvalue weighted by Crippen LogP contribution is -2.11. The van der Waals surface area contributed by atoms with Crippen molar-refractivity contribution in [1.82, 2.24) is 9.97 Å². The highest BCUT2D eigenvalue weighted by Gasteiger charge is 2.06. The van der Waals surface area contributed by atoms with Gasteiger partial charge in [0.2, 0.25) is 0 Å². The Morgan fingerprint density at radius 3 is 2.48 bits per heavy atom. The number of hydrogen-bond donors (Lipinski definition) is 1. The van der Waals surface area contributed by atoms with Crippen LogP contribution in [-0.2, 0) is 6.61 Å². The minimum Gasteiger partial charge on any atom is -0.487 e. The van der Waals surface area contributed by atoms with Crippen LogP contribution in [0.4, 0.5) is 5.69 Å². The van der Waals surface area contributed by atoms with E-state index in [0.717, 1.165) is 16.6 Å². The summed E-state index contributed by atoms with van der Waals surface area (Å²) < 4.78 is 5.80. The van der Waals surface area contributed by atoms with Crippen molar-refractivity contribution in [2.45, 2.75) is 6.61 Å². The number of benzene rings is 2. The Hall–Kier alpha value is -3.73. The van der Waals surface area contributed by atoms with E-state index in [0.29, 0.717) is 23.6 Å². The van der Waals surface area contributed by atoms with Crippen LogP contribution < -0.4 is 10.1 Å². The molecule has 0 aliphatic heterocycles. The van der Waals surface area contributed by atoms with Crippen molar-refractivity contribution in [2.75, 3.05) is 5.32 Å². The van der Waals surface area contributed by atoms with Gasteiger partial charge in [-0.05, 0) is 48.5 Å². The first-order chi connectivity index (χ1) is 13.3. The van der Waals surface area contributed by atoms with Crippen molar-refractivity contribution in [3.05, 3.63) is 96.4 Å². The number of nitrogens with one attached hydrogen (secondary N) is 1. The van der Waals surface area contributed by atoms with Crippen molar-refractivity contribution in [3.8, 4) is 5.75 Å². The molecule has 0 unspecified atom stereocenters. The fourth-order valence-electron chi connectivity index (χ4n) is 2.69. The molecular weight excluding hydrogens is 338 g/mol. The number of fused-ring (bicyclic) bond motifs is 1. The lowest BCUT2D eigenvalue weighted by Gasteiger charge is -2.09. The average Bonchev–Trinajstić information content (AvgIpc) is 2.74. The molecule has 2 aromatic heterocycles. The van der Waals surface area contributed by atoms with E-state index in [2.05, 4.69) is 15.3 Å². The quantitative estimate of drug-likeness (QED) is 0.574. The van der Waals surface area contributed by atoms with E-state index in [1.54, 1.807) is 24.5 Å². The summed E-state index contributed by atoms with van der Waals surface area (Å²) in [4.78, 5) is 20.6. The second kappa shape index (κ2) is 7.66. The summed E-state index contributed by atoms with van der Waals surface area (Å²) in [6.45, 7) is 0.382. The Morgan fingerprint density at radius 1 is 0.889 bits per heavy atom. The third-order valence-corrected chi connectivity index (χ3v) is 4.10. The summed E-state index contributed by atoms with van der Waals surface area (Å²) in [6.07, 6.45) is 3.18. The smallest absolute Gasteiger partial charge is 0.255 e. The van der Waals surface area contributed by atoms with Crippen LogP contribution in [0, 0.1) is 0 Å². The largest absolute Gasteiger partial charge is 0.487 e. The zero-order valence-corrected chi connectivity index (χ0v) is 14.5. The zero-order chi connectivity index (χ0) is 18.5. The summed E-state index contributed by atoms with van der Waals surface area (Å²) in [7, 11) is 0. The van der Waals surface area contributed by atoms with Gasteiger partial charge in [-0.25, -0.2) is 4.98 Å². The van der Waals surface area contributed by atoms with E-state index >= 15 is 0 Å². The van der Waals surface area contributed by atoms with Gasteiger partial charge in [0.15, 0.2) is 0 Å². The summed E-state index contributed by atoms with van der Waals surface area (Å²) in [6, 6.07) is 22.6. The van der Waals surface area contributed by atoms with Crippen molar-refractivity contribution >= 4 is 22.5 Å². The number of carbonyl (C=O) groups is 1. The van der Waals surface area contributed by atoms with E-state index < -0.39 is 0 Å². The molecule has 2 aromatic carbocycles. The highest BCUT2D eigenvalue weighted by molar-refractivity contribution is 6.04. The molecule has 4 rings (SSSR count). The third kappa shape index (κ3) is 4.10. The third-order valence-electron chi connectivity index (χ3n) is 4.10. The molecule has 0 saturated heterocycles. The molecule has 27 heavy (non-hydrogen) atoms. The SMILES string of the molecule is O=C(Nc1ccc(OCc2ccc3ccccc3n2)cc1)c1ccncc1. The van der Waals surface area contributed by atoms with Crippen LogP contribution in [-0.4, -0.2) is 15.9 Å². The lowest BCUT2D eigenvalue weighted by molar-refractivity contribution is 0.102. The number of aromatic nitrogens is 2. The summed E-state index contributed by atoms with van der Waals surface area (Å²) in [5.41, 5.74) is 3.08. The van der Waals surface area contributed by atoms with Crippen LogP contribution in [0.25, 0.3) is 10.9 Å². The summed E-state index contributed by atoms with van der Waals surface area (Å²) >= 11 is 0. The molecule has 0 atom stereocenters. The standard InChI is InChI=1S/C22H17N3O2/c26-22(17-11-13-23-14-12-17)25-18-7-9-20(10-8-18)27-15-19-6-5-16-3-1-2-4-21(16)24-19/h1-14H,15H2,(H,25,26). The van der Waals surface area contributed by atoms with Crippen molar-refractivity contribution < 1.29 is 9.53 Å². The number of pyridine rings is 2. The number of amides is 1. The molecule has 4 aromatic rings. The number of para-hydroxylation sites is 1. The van der Waals surface area contributed by atoms with Gasteiger partial charge in [-0.1, -0.05) is 24.3 Å². The van der Waals surface area contributed by atoms with E-state index in [1.165, 1.54) is 0 Å². The monoisotopic (exact) mass is 355 g/mol. The molecule has 1 amide bonds. The van der Waals surface area contributed by atoms with Gasteiger partial charge in [0.1, 0.15) is 12.4 Å². The van der Waals surface area contributed by atoms with Gasteiger partial charge >= 0.3 is 0 Å². The van der Waals surface area contributed by atoms with E-state index in [1.807, 2.05) is 60.7 Å². The molecule has 1 N–H and O–H groups in total. The number of anilines is 1. The molecule has 0 radical (unpaired) electrons. The Balaban J connectivity index is 1.38. The predicted octanol–water partition coefficient (Wildman–Crippen LogP) is 4.46. The molecule has 0 aliphatic rings. The highest BCUT2D eigenvalue weighted by Crippen LogP contribution is 2.18. The van der Waals surface area contributed by atoms with Crippen LogP contribution in [0.15, 0.2) is 85.2 Å². The van der Waals surface area contributed by atoms with Crippen LogP contribution in [0.3, 0.4) is 0 Å². The molecular formula is C22H17N3O2. The second-order valence-corrected chi connectivity index (χ2v) is 6.00. The second-order valence-electron chi connectivity index (χ2n) is 6.00. The van der Waals surface area contributed by atoms with Crippen LogP contribution in [0.2, 0.25) is 0 Å². The van der Waals surface area contributed by atoms with E-state index in [4.69, 9.17) is 4.74 Å². The van der Waals surface area contributed by atoms with Gasteiger partial charge in [0.05, 0.1) is 11.2 Å². The van der Waals surface area contributed by atoms with E-state index in [9.17, 15) is 4.79 Å². The van der Waals surface area contributed by atoms with Crippen molar-refractivity contribution in [1.29, 1.82) is 0 Å². The van der Waals surface area contributed by atoms with Crippen molar-refractivity contribution in [2.24, 2.45) is 0 Å². The number of carbonyl (C=O) groups excluding carboxylic acids is 1. The Kier molecular flexibility index (Phi) is 4.74. The topological polar surface area (TPSA) is 64.1 Å². The first-order valence-corrected chi connectivity index (χ1v) is 8.57. The summed E-state index contributed by atoms with van der Waals surface area (Å²) in [5, 5.41) is 3.95. The van der Waals surface area contributed by atoms with Crippen LogP contribution >= 0.6 is 0 Å². The minimum atomic E-state index is -0.175. The molecule has 5 nitrogen and oxygen atoms in total. The summed E-state index contributed by atoms with van der Waals surface area (Å²) in [5.74, 6) is 0.540. The first kappa shape index (κ1) is 16.7. The number of hydrogen-bond acceptors (Lipinski definition) is 4. The van der Waals surface area contributed by atoms with Crippen molar-refractivity contribution in [3.63, 3.8) is 0 Å². The maximum absolute atomic E-state index is 12.1. The van der Waals surface area contributed by atoms with Gasteiger partial charge in [0.25, 0.3) is 5.91 Å². The van der Waals surface area contributed by atoms with Gasteiger partial charge < -0.3 is 10.1 Å². The molecule has 0 aliphatic carbocycles. The molecule has 5 heteroatoms. The van der Waals surface area contributed by atoms with Gasteiger partial charge in [-0.3, -0.25) is 9.78 Å². The number of rotatable bonds is 5. The Morgan fingerprint density at radius 2 is 1.67 bits per heavy atom. The van der Waals surface area contributed by atoms with Gasteiger partial charge in [-0.2, -0.15) is 0 Å². The molecule has 0 fully saturated rings. The normalized spacial score (nSPS) is 10.5. The maximum atomic E-state index is 12.1. The average molecular weight is 355 g/mol.